The molecule has 1 aliphatic carbocycles. The van der Waals surface area contributed by atoms with E-state index in [9.17, 15) is 4.79 Å². The number of hydrogen-bond acceptors (Lipinski definition) is 5. The van der Waals surface area contributed by atoms with Crippen LogP contribution in [0.4, 0.5) is 6.01 Å². The molecule has 106 valence electrons. The molecule has 5 nitrogen and oxygen atoms in total. The van der Waals surface area contributed by atoms with Crippen LogP contribution in [0.1, 0.15) is 38.5 Å². The first-order chi connectivity index (χ1) is 9.81. The van der Waals surface area contributed by atoms with Crippen molar-refractivity contribution in [1.82, 2.24) is 10.2 Å². The summed E-state index contributed by atoms with van der Waals surface area (Å²) in [5, 5.41) is 14.4. The maximum Gasteiger partial charge on any atom is 0.322 e. The summed E-state index contributed by atoms with van der Waals surface area (Å²) in [5.74, 6) is 0.916. The van der Waals surface area contributed by atoms with Gasteiger partial charge >= 0.3 is 6.01 Å². The summed E-state index contributed by atoms with van der Waals surface area (Å²) in [6.45, 7) is 0. The van der Waals surface area contributed by atoms with Gasteiger partial charge in [0, 0.05) is 17.4 Å². The maximum atomic E-state index is 11.9. The molecule has 2 aromatic rings. The number of aromatic nitrogens is 2. The molecule has 2 aromatic heterocycles. The Morgan fingerprint density at radius 3 is 2.95 bits per heavy atom. The monoisotopic (exact) mass is 291 g/mol. The minimum Gasteiger partial charge on any atom is -0.403 e. The molecule has 0 aliphatic heterocycles. The predicted molar refractivity (Wildman–Crippen MR) is 77.4 cm³/mol. The fourth-order valence-corrected chi connectivity index (χ4v) is 3.23. The lowest BCUT2D eigenvalue weighted by atomic mass is 9.87. The normalized spacial score (nSPS) is 16.2. The molecule has 0 radical (unpaired) electrons. The van der Waals surface area contributed by atoms with Crippen molar-refractivity contribution >= 4 is 23.3 Å². The van der Waals surface area contributed by atoms with Gasteiger partial charge in [-0.15, -0.1) is 5.10 Å². The number of carbonyl (C=O) groups is 1. The second-order valence-electron chi connectivity index (χ2n) is 5.18. The zero-order valence-corrected chi connectivity index (χ0v) is 12.0. The average molecular weight is 291 g/mol. The molecular formula is C14H17N3O2S. The van der Waals surface area contributed by atoms with E-state index in [0.717, 1.165) is 18.4 Å². The molecule has 0 unspecified atom stereocenters. The first kappa shape index (κ1) is 13.3. The van der Waals surface area contributed by atoms with Gasteiger partial charge in [0.25, 0.3) is 5.89 Å². The van der Waals surface area contributed by atoms with Gasteiger partial charge in [0.05, 0.1) is 0 Å². The number of rotatable bonds is 4. The van der Waals surface area contributed by atoms with Crippen LogP contribution in [-0.2, 0) is 4.79 Å². The predicted octanol–water partition coefficient (Wildman–Crippen LogP) is 3.71. The number of amides is 1. The molecule has 2 heterocycles. The smallest absolute Gasteiger partial charge is 0.322 e. The lowest BCUT2D eigenvalue weighted by molar-refractivity contribution is -0.117. The van der Waals surface area contributed by atoms with Gasteiger partial charge in [0.2, 0.25) is 5.91 Å². The minimum atomic E-state index is -0.0302. The number of nitrogens with one attached hydrogen (secondary N) is 1. The third kappa shape index (κ3) is 3.25. The van der Waals surface area contributed by atoms with Gasteiger partial charge in [-0.1, -0.05) is 24.4 Å². The second-order valence-corrected chi connectivity index (χ2v) is 5.96. The van der Waals surface area contributed by atoms with E-state index in [2.05, 4.69) is 15.5 Å². The van der Waals surface area contributed by atoms with Crippen LogP contribution < -0.4 is 5.32 Å². The molecule has 0 spiro atoms. The van der Waals surface area contributed by atoms with Crippen molar-refractivity contribution in [2.24, 2.45) is 5.92 Å². The fraction of sp³-hybridized carbons (Fsp3) is 0.500. The number of nitrogens with zero attached hydrogens (tertiary/aromatic N) is 2. The quantitative estimate of drug-likeness (QED) is 0.932. The van der Waals surface area contributed by atoms with Crippen molar-refractivity contribution in [2.45, 2.75) is 38.5 Å². The Morgan fingerprint density at radius 2 is 2.20 bits per heavy atom. The first-order valence-corrected chi connectivity index (χ1v) is 7.91. The van der Waals surface area contributed by atoms with Crippen molar-refractivity contribution in [1.29, 1.82) is 0 Å². The first-order valence-electron chi connectivity index (χ1n) is 6.97. The highest BCUT2D eigenvalue weighted by Gasteiger charge is 2.18. The van der Waals surface area contributed by atoms with Crippen LogP contribution in [0.25, 0.3) is 11.5 Å². The summed E-state index contributed by atoms with van der Waals surface area (Å²) in [6, 6.07) is 2.10. The molecule has 0 bridgehead atoms. The summed E-state index contributed by atoms with van der Waals surface area (Å²) in [4.78, 5) is 11.9. The largest absolute Gasteiger partial charge is 0.403 e. The lowest BCUT2D eigenvalue weighted by Gasteiger charge is -2.20. The molecule has 1 fully saturated rings. The van der Waals surface area contributed by atoms with Crippen LogP contribution in [0.5, 0.6) is 0 Å². The summed E-state index contributed by atoms with van der Waals surface area (Å²) in [6.07, 6.45) is 6.62. The highest BCUT2D eigenvalue weighted by atomic mass is 32.1. The van der Waals surface area contributed by atoms with Crippen LogP contribution in [-0.4, -0.2) is 16.1 Å². The molecular weight excluding hydrogens is 274 g/mol. The van der Waals surface area contributed by atoms with Crippen molar-refractivity contribution in [3.05, 3.63) is 16.8 Å². The van der Waals surface area contributed by atoms with E-state index in [1.807, 2.05) is 16.8 Å². The molecule has 0 aromatic carbocycles. The Kier molecular flexibility index (Phi) is 4.11. The minimum absolute atomic E-state index is 0.0302. The number of hydrogen-bond donors (Lipinski definition) is 1. The number of thiophene rings is 1. The molecule has 1 amide bonds. The van der Waals surface area contributed by atoms with Crippen LogP contribution in [0.3, 0.4) is 0 Å². The van der Waals surface area contributed by atoms with Crippen molar-refractivity contribution in [2.75, 3.05) is 5.32 Å². The molecule has 0 saturated heterocycles. The van der Waals surface area contributed by atoms with Crippen molar-refractivity contribution in [3.8, 4) is 11.5 Å². The molecule has 6 heteroatoms. The van der Waals surface area contributed by atoms with Crippen LogP contribution >= 0.6 is 11.3 Å². The summed E-state index contributed by atoms with van der Waals surface area (Å²) in [5.41, 5.74) is 0.885. The highest BCUT2D eigenvalue weighted by molar-refractivity contribution is 7.08. The standard InChI is InChI=1S/C14H17N3O2S/c18-12(8-10-4-2-1-3-5-10)15-14-17-16-13(19-14)11-6-7-20-9-11/h6-7,9-10H,1-5,8H2,(H,15,17,18). The second kappa shape index (κ2) is 6.17. The fourth-order valence-electron chi connectivity index (χ4n) is 2.60. The third-order valence-electron chi connectivity index (χ3n) is 3.64. The molecule has 1 N–H and O–H groups in total. The maximum absolute atomic E-state index is 11.9. The van der Waals surface area contributed by atoms with Crippen LogP contribution in [0, 0.1) is 5.92 Å². The van der Waals surface area contributed by atoms with E-state index in [1.165, 1.54) is 19.3 Å². The van der Waals surface area contributed by atoms with Crippen LogP contribution in [0.15, 0.2) is 21.2 Å². The van der Waals surface area contributed by atoms with Gasteiger partial charge in [0.1, 0.15) is 0 Å². The van der Waals surface area contributed by atoms with E-state index < -0.39 is 0 Å². The van der Waals surface area contributed by atoms with E-state index in [-0.39, 0.29) is 11.9 Å². The van der Waals surface area contributed by atoms with Gasteiger partial charge in [0.15, 0.2) is 0 Å². The number of anilines is 1. The summed E-state index contributed by atoms with van der Waals surface area (Å²) in [7, 11) is 0. The molecule has 1 aliphatic rings. The Morgan fingerprint density at radius 1 is 1.35 bits per heavy atom. The van der Waals surface area contributed by atoms with Gasteiger partial charge in [-0.2, -0.15) is 11.3 Å². The van der Waals surface area contributed by atoms with Crippen molar-refractivity contribution < 1.29 is 9.21 Å². The third-order valence-corrected chi connectivity index (χ3v) is 4.32. The molecule has 20 heavy (non-hydrogen) atoms. The Hall–Kier alpha value is -1.69. The lowest BCUT2D eigenvalue weighted by Crippen LogP contribution is -2.18. The Labute approximate surface area is 121 Å². The van der Waals surface area contributed by atoms with Crippen LogP contribution in [0.2, 0.25) is 0 Å². The summed E-state index contributed by atoms with van der Waals surface area (Å²) >= 11 is 1.57. The molecule has 3 rings (SSSR count). The highest BCUT2D eigenvalue weighted by Crippen LogP contribution is 2.27. The van der Waals surface area contributed by atoms with E-state index >= 15 is 0 Å². The average Bonchev–Trinajstić information content (AvgIpc) is 3.10. The SMILES string of the molecule is O=C(CC1CCCCC1)Nc1nnc(-c2ccsc2)o1. The topological polar surface area (TPSA) is 68.0 Å². The van der Waals surface area contributed by atoms with E-state index in [0.29, 0.717) is 18.2 Å². The Balaban J connectivity index is 1.56. The number of carbonyl (C=O) groups excluding carboxylic acids is 1. The zero-order chi connectivity index (χ0) is 13.8. The summed E-state index contributed by atoms with van der Waals surface area (Å²) < 4.78 is 5.44. The van der Waals surface area contributed by atoms with Gasteiger partial charge in [-0.05, 0) is 30.2 Å². The van der Waals surface area contributed by atoms with Gasteiger partial charge < -0.3 is 4.42 Å². The molecule has 1 saturated carbocycles. The van der Waals surface area contributed by atoms with E-state index in [1.54, 1.807) is 11.3 Å². The van der Waals surface area contributed by atoms with Gasteiger partial charge in [-0.3, -0.25) is 10.1 Å². The Bertz CT molecular complexity index is 559. The zero-order valence-electron chi connectivity index (χ0n) is 11.2. The van der Waals surface area contributed by atoms with E-state index in [4.69, 9.17) is 4.42 Å². The van der Waals surface area contributed by atoms with Gasteiger partial charge in [-0.25, -0.2) is 0 Å². The molecule has 0 atom stereocenters. The van der Waals surface area contributed by atoms with Crippen molar-refractivity contribution in [3.63, 3.8) is 0 Å².